The van der Waals surface area contributed by atoms with E-state index >= 15 is 0 Å². The number of carbonyl (C=O) groups is 1. The summed E-state index contributed by atoms with van der Waals surface area (Å²) in [6.45, 7) is 8.28. The number of fused-ring (bicyclic) bond motifs is 1. The summed E-state index contributed by atoms with van der Waals surface area (Å²) in [4.78, 5) is 16.0. The molecule has 0 bridgehead atoms. The van der Waals surface area contributed by atoms with Gasteiger partial charge in [-0.15, -0.1) is 0 Å². The van der Waals surface area contributed by atoms with Crippen LogP contribution >= 0.6 is 0 Å². The lowest BCUT2D eigenvalue weighted by Crippen LogP contribution is -2.19. The van der Waals surface area contributed by atoms with Crippen LogP contribution in [0.2, 0.25) is 0 Å². The molecule has 4 nitrogen and oxygen atoms in total. The van der Waals surface area contributed by atoms with Crippen LogP contribution < -0.4 is 5.43 Å². The van der Waals surface area contributed by atoms with Crippen LogP contribution in [0, 0.1) is 13.8 Å². The van der Waals surface area contributed by atoms with Crippen LogP contribution in [0.1, 0.15) is 85.1 Å². The first kappa shape index (κ1) is 26.4. The maximum Gasteiger partial charge on any atom is 0.271 e. The summed E-state index contributed by atoms with van der Waals surface area (Å²) in [5.74, 6) is -0.211. The molecule has 1 aromatic heterocycles. The molecular weight excluding hydrogens is 454 g/mol. The fourth-order valence-electron chi connectivity index (χ4n) is 4.74. The summed E-state index contributed by atoms with van der Waals surface area (Å²) in [5, 5.41) is 5.42. The zero-order chi connectivity index (χ0) is 26.2. The SMILES string of the molecule is CCCCCCCCc1ccc(-c2ccc(/C(C)=N/NC(=O)c3ccc4[nH]c(C)c(C)c4c3)cc2)cc1. The maximum atomic E-state index is 12.7. The van der Waals surface area contributed by atoms with E-state index in [-0.39, 0.29) is 5.91 Å². The quantitative estimate of drug-likeness (QED) is 0.123. The number of aromatic amines is 1. The largest absolute Gasteiger partial charge is 0.358 e. The summed E-state index contributed by atoms with van der Waals surface area (Å²) >= 11 is 0. The predicted molar refractivity (Wildman–Crippen MR) is 156 cm³/mol. The molecule has 0 fully saturated rings. The van der Waals surface area contributed by atoms with Gasteiger partial charge in [-0.3, -0.25) is 4.79 Å². The molecule has 1 heterocycles. The number of rotatable bonds is 11. The monoisotopic (exact) mass is 493 g/mol. The van der Waals surface area contributed by atoms with Gasteiger partial charge in [0.05, 0.1) is 5.71 Å². The highest BCUT2D eigenvalue weighted by Crippen LogP contribution is 2.23. The van der Waals surface area contributed by atoms with E-state index in [0.29, 0.717) is 5.56 Å². The number of unbranched alkanes of at least 4 members (excludes halogenated alkanes) is 5. The molecule has 4 heteroatoms. The Morgan fingerprint density at radius 1 is 0.811 bits per heavy atom. The molecule has 2 N–H and O–H groups in total. The van der Waals surface area contributed by atoms with Crippen LogP contribution in [0.15, 0.2) is 71.8 Å². The molecular formula is C33H39N3O. The second-order valence-corrected chi connectivity index (χ2v) is 10.1. The van der Waals surface area contributed by atoms with Crippen molar-refractivity contribution in [3.05, 3.63) is 94.7 Å². The Morgan fingerprint density at radius 2 is 1.43 bits per heavy atom. The lowest BCUT2D eigenvalue weighted by atomic mass is 9.99. The molecule has 37 heavy (non-hydrogen) atoms. The van der Waals surface area contributed by atoms with E-state index in [4.69, 9.17) is 0 Å². The van der Waals surface area contributed by atoms with Crippen molar-refractivity contribution < 1.29 is 4.79 Å². The molecule has 0 atom stereocenters. The van der Waals surface area contributed by atoms with Crippen molar-refractivity contribution in [2.45, 2.75) is 72.6 Å². The van der Waals surface area contributed by atoms with E-state index in [2.05, 4.69) is 77.9 Å². The molecule has 3 aromatic carbocycles. The molecule has 0 radical (unpaired) electrons. The molecule has 0 saturated carbocycles. The molecule has 0 unspecified atom stereocenters. The number of nitrogens with one attached hydrogen (secondary N) is 2. The van der Waals surface area contributed by atoms with E-state index in [9.17, 15) is 4.79 Å². The number of hydrogen-bond donors (Lipinski definition) is 2. The Labute approximate surface area is 221 Å². The van der Waals surface area contributed by atoms with Gasteiger partial charge in [0.15, 0.2) is 0 Å². The van der Waals surface area contributed by atoms with E-state index in [1.807, 2.05) is 32.0 Å². The van der Waals surface area contributed by atoms with E-state index in [0.717, 1.165) is 39.9 Å². The van der Waals surface area contributed by atoms with Gasteiger partial charge in [0.2, 0.25) is 0 Å². The molecule has 192 valence electrons. The zero-order valence-electron chi connectivity index (χ0n) is 22.7. The van der Waals surface area contributed by atoms with Crippen LogP contribution in [0.25, 0.3) is 22.0 Å². The Bertz CT molecular complexity index is 1360. The number of benzene rings is 3. The Morgan fingerprint density at radius 3 is 2.14 bits per heavy atom. The Balaban J connectivity index is 1.33. The molecule has 0 aliphatic rings. The van der Waals surface area contributed by atoms with Crippen LogP contribution in [-0.4, -0.2) is 16.6 Å². The van der Waals surface area contributed by atoms with E-state index in [1.165, 1.54) is 55.2 Å². The number of hydrogen-bond acceptors (Lipinski definition) is 2. The van der Waals surface area contributed by atoms with Crippen molar-refractivity contribution in [1.29, 1.82) is 0 Å². The van der Waals surface area contributed by atoms with Crippen molar-refractivity contribution in [2.75, 3.05) is 0 Å². The third-order valence-electron chi connectivity index (χ3n) is 7.30. The van der Waals surface area contributed by atoms with Gasteiger partial charge in [-0.1, -0.05) is 87.6 Å². The van der Waals surface area contributed by atoms with E-state index in [1.54, 1.807) is 0 Å². The molecule has 0 aliphatic heterocycles. The van der Waals surface area contributed by atoms with Crippen LogP contribution in [-0.2, 0) is 6.42 Å². The van der Waals surface area contributed by atoms with Gasteiger partial charge >= 0.3 is 0 Å². The maximum absolute atomic E-state index is 12.7. The van der Waals surface area contributed by atoms with Crippen molar-refractivity contribution in [3.8, 4) is 11.1 Å². The van der Waals surface area contributed by atoms with Crippen LogP contribution in [0.3, 0.4) is 0 Å². The molecule has 0 spiro atoms. The third-order valence-corrected chi connectivity index (χ3v) is 7.30. The number of H-pyrrole nitrogens is 1. The fraction of sp³-hybridized carbons (Fsp3) is 0.333. The topological polar surface area (TPSA) is 57.2 Å². The average Bonchev–Trinajstić information content (AvgIpc) is 3.22. The van der Waals surface area contributed by atoms with Crippen molar-refractivity contribution >= 4 is 22.5 Å². The minimum absolute atomic E-state index is 0.211. The van der Waals surface area contributed by atoms with Gasteiger partial charge in [0.25, 0.3) is 5.91 Å². The number of aryl methyl sites for hydroxylation is 3. The van der Waals surface area contributed by atoms with Gasteiger partial charge < -0.3 is 4.98 Å². The van der Waals surface area contributed by atoms with Crippen molar-refractivity contribution in [1.82, 2.24) is 10.4 Å². The summed E-state index contributed by atoms with van der Waals surface area (Å²) in [7, 11) is 0. The second kappa shape index (κ2) is 12.5. The lowest BCUT2D eigenvalue weighted by Gasteiger charge is -2.07. The summed E-state index contributed by atoms with van der Waals surface area (Å²) in [6, 6.07) is 23.0. The summed E-state index contributed by atoms with van der Waals surface area (Å²) in [6.07, 6.45) is 9.14. The third kappa shape index (κ3) is 6.76. The predicted octanol–water partition coefficient (Wildman–Crippen LogP) is 8.51. The normalized spacial score (nSPS) is 11.7. The van der Waals surface area contributed by atoms with Gasteiger partial charge in [-0.2, -0.15) is 5.10 Å². The number of aromatic nitrogens is 1. The molecule has 0 saturated heterocycles. The Kier molecular flexibility index (Phi) is 8.95. The fourth-order valence-corrected chi connectivity index (χ4v) is 4.74. The second-order valence-electron chi connectivity index (χ2n) is 10.1. The minimum Gasteiger partial charge on any atom is -0.358 e. The van der Waals surface area contributed by atoms with Crippen LogP contribution in [0.5, 0.6) is 0 Å². The zero-order valence-corrected chi connectivity index (χ0v) is 22.7. The van der Waals surface area contributed by atoms with Gasteiger partial charge in [0, 0.05) is 22.2 Å². The van der Waals surface area contributed by atoms with Gasteiger partial charge in [-0.05, 0) is 79.6 Å². The highest BCUT2D eigenvalue weighted by atomic mass is 16.2. The lowest BCUT2D eigenvalue weighted by molar-refractivity contribution is 0.0955. The minimum atomic E-state index is -0.211. The first-order valence-electron chi connectivity index (χ1n) is 13.6. The Hall–Kier alpha value is -3.66. The first-order chi connectivity index (χ1) is 18.0. The molecule has 1 amide bonds. The summed E-state index contributed by atoms with van der Waals surface area (Å²) < 4.78 is 0. The van der Waals surface area contributed by atoms with E-state index < -0.39 is 0 Å². The number of amides is 1. The molecule has 4 rings (SSSR count). The number of carbonyl (C=O) groups excluding carboxylic acids is 1. The van der Waals surface area contributed by atoms with Gasteiger partial charge in [0.1, 0.15) is 0 Å². The summed E-state index contributed by atoms with van der Waals surface area (Å²) in [5.41, 5.74) is 12.2. The highest BCUT2D eigenvalue weighted by Gasteiger charge is 2.10. The first-order valence-corrected chi connectivity index (χ1v) is 13.6. The average molecular weight is 494 g/mol. The standard InChI is InChI=1S/C33H39N3O/c1-5-6-7-8-9-10-11-26-12-14-28(15-13-26)29-18-16-27(17-19-29)25(4)35-36-33(37)30-20-21-32-31(22-30)23(2)24(3)34-32/h12-22,34H,5-11H2,1-4H3,(H,36,37)/b35-25+. The van der Waals surface area contributed by atoms with Crippen LogP contribution in [0.4, 0.5) is 0 Å². The number of hydrazone groups is 1. The molecule has 4 aromatic rings. The van der Waals surface area contributed by atoms with Crippen molar-refractivity contribution in [2.24, 2.45) is 5.10 Å². The highest BCUT2D eigenvalue weighted by molar-refractivity contribution is 6.02. The number of nitrogens with zero attached hydrogens (tertiary/aromatic N) is 1. The molecule has 0 aliphatic carbocycles. The smallest absolute Gasteiger partial charge is 0.271 e. The van der Waals surface area contributed by atoms with Crippen molar-refractivity contribution in [3.63, 3.8) is 0 Å². The van der Waals surface area contributed by atoms with Gasteiger partial charge in [-0.25, -0.2) is 5.43 Å².